The first-order valence-electron chi connectivity index (χ1n) is 8.94. The van der Waals surface area contributed by atoms with Crippen LogP contribution in [0, 0.1) is 20.8 Å². The molecular weight excluding hydrogens is 302 g/mol. The fraction of sp³-hybridized carbons (Fsp3) is 0.250. The lowest BCUT2D eigenvalue weighted by Gasteiger charge is -2.43. The van der Waals surface area contributed by atoms with E-state index in [2.05, 4.69) is 100 Å². The van der Waals surface area contributed by atoms with Crippen molar-refractivity contribution in [2.45, 2.75) is 33.1 Å². The van der Waals surface area contributed by atoms with Gasteiger partial charge in [-0.15, -0.1) is 0 Å². The molecule has 0 radical (unpaired) electrons. The zero-order valence-electron chi connectivity index (χ0n) is 15.7. The molecule has 0 saturated heterocycles. The third-order valence-electron chi connectivity index (χ3n) is 5.73. The van der Waals surface area contributed by atoms with Crippen molar-refractivity contribution in [2.24, 2.45) is 0 Å². The van der Waals surface area contributed by atoms with Crippen molar-refractivity contribution in [3.05, 3.63) is 94.0 Å². The summed E-state index contributed by atoms with van der Waals surface area (Å²) < 4.78 is 0. The van der Waals surface area contributed by atoms with Crippen LogP contribution in [-0.2, 0) is 5.41 Å². The Morgan fingerprint density at radius 3 is 1.56 bits per heavy atom. The minimum Gasteiger partial charge on any atom is -0.344 e. The summed E-state index contributed by atoms with van der Waals surface area (Å²) in [6.07, 6.45) is 0. The molecule has 0 amide bonds. The SMILES string of the molecule is Cc1ccc(C2(C)c3cc(C)ccc3N(C)c3ccc(C)cc32)cc1. The van der Waals surface area contributed by atoms with Crippen LogP contribution in [0.25, 0.3) is 0 Å². The third-order valence-corrected chi connectivity index (χ3v) is 5.73. The second-order valence-electron chi connectivity index (χ2n) is 7.59. The number of nitrogens with zero attached hydrogens (tertiary/aromatic N) is 1. The average Bonchev–Trinajstić information content (AvgIpc) is 2.60. The fourth-order valence-corrected chi connectivity index (χ4v) is 4.16. The highest BCUT2D eigenvalue weighted by Crippen LogP contribution is 2.52. The Morgan fingerprint density at radius 1 is 0.640 bits per heavy atom. The summed E-state index contributed by atoms with van der Waals surface area (Å²) in [7, 11) is 2.18. The molecule has 126 valence electrons. The number of hydrogen-bond acceptors (Lipinski definition) is 1. The van der Waals surface area contributed by atoms with Crippen LogP contribution in [0.3, 0.4) is 0 Å². The molecule has 0 atom stereocenters. The molecule has 25 heavy (non-hydrogen) atoms. The predicted molar refractivity (Wildman–Crippen MR) is 107 cm³/mol. The molecule has 4 rings (SSSR count). The van der Waals surface area contributed by atoms with E-state index in [1.54, 1.807) is 0 Å². The molecular formula is C24H25N. The minimum atomic E-state index is -0.150. The quantitative estimate of drug-likeness (QED) is 0.526. The lowest BCUT2D eigenvalue weighted by molar-refractivity contribution is 0.676. The van der Waals surface area contributed by atoms with Crippen LogP contribution in [-0.4, -0.2) is 7.05 Å². The summed E-state index contributed by atoms with van der Waals surface area (Å²) in [5.41, 5.74) is 10.5. The molecule has 0 unspecified atom stereocenters. The zero-order valence-corrected chi connectivity index (χ0v) is 15.7. The molecule has 0 bridgehead atoms. The molecule has 1 heteroatoms. The van der Waals surface area contributed by atoms with Crippen LogP contribution in [0.15, 0.2) is 60.7 Å². The lowest BCUT2D eigenvalue weighted by atomic mass is 9.67. The highest BCUT2D eigenvalue weighted by molar-refractivity contribution is 5.80. The van der Waals surface area contributed by atoms with Gasteiger partial charge in [0.25, 0.3) is 0 Å². The monoisotopic (exact) mass is 327 g/mol. The van der Waals surface area contributed by atoms with E-state index in [-0.39, 0.29) is 5.41 Å². The second kappa shape index (κ2) is 5.49. The van der Waals surface area contributed by atoms with Crippen LogP contribution < -0.4 is 4.90 Å². The smallest absolute Gasteiger partial charge is 0.0464 e. The Morgan fingerprint density at radius 2 is 1.08 bits per heavy atom. The van der Waals surface area contributed by atoms with E-state index in [0.29, 0.717) is 0 Å². The van der Waals surface area contributed by atoms with Gasteiger partial charge in [-0.3, -0.25) is 0 Å². The van der Waals surface area contributed by atoms with E-state index in [1.165, 1.54) is 44.8 Å². The number of fused-ring (bicyclic) bond motifs is 2. The maximum absolute atomic E-state index is 2.38. The largest absolute Gasteiger partial charge is 0.344 e. The number of rotatable bonds is 1. The first-order valence-corrected chi connectivity index (χ1v) is 8.94. The molecule has 1 aliphatic rings. The van der Waals surface area contributed by atoms with Gasteiger partial charge >= 0.3 is 0 Å². The van der Waals surface area contributed by atoms with Crippen LogP contribution in [0.1, 0.15) is 40.3 Å². The van der Waals surface area contributed by atoms with E-state index >= 15 is 0 Å². The summed E-state index contributed by atoms with van der Waals surface area (Å²) in [5.74, 6) is 0. The van der Waals surface area contributed by atoms with Gasteiger partial charge in [-0.25, -0.2) is 0 Å². The van der Waals surface area contributed by atoms with Crippen LogP contribution in [0.5, 0.6) is 0 Å². The first kappa shape index (κ1) is 16.0. The Labute approximate surface area is 150 Å². The van der Waals surface area contributed by atoms with Gasteiger partial charge < -0.3 is 4.90 Å². The summed E-state index contributed by atoms with van der Waals surface area (Å²) in [5, 5.41) is 0. The van der Waals surface area contributed by atoms with Crippen LogP contribution >= 0.6 is 0 Å². The summed E-state index contributed by atoms with van der Waals surface area (Å²) >= 11 is 0. The molecule has 0 N–H and O–H groups in total. The van der Waals surface area contributed by atoms with Gasteiger partial charge in [-0.05, 0) is 56.5 Å². The van der Waals surface area contributed by atoms with Crippen molar-refractivity contribution in [3.63, 3.8) is 0 Å². The van der Waals surface area contributed by atoms with E-state index < -0.39 is 0 Å². The van der Waals surface area contributed by atoms with Gasteiger partial charge in [0, 0.05) is 23.8 Å². The third kappa shape index (κ3) is 2.30. The van der Waals surface area contributed by atoms with Crippen molar-refractivity contribution in [3.8, 4) is 0 Å². The molecule has 0 aromatic heterocycles. The summed E-state index contributed by atoms with van der Waals surface area (Å²) in [6, 6.07) is 22.7. The molecule has 0 spiro atoms. The predicted octanol–water partition coefficient (Wildman–Crippen LogP) is 6.05. The van der Waals surface area contributed by atoms with Crippen molar-refractivity contribution in [1.29, 1.82) is 0 Å². The lowest BCUT2D eigenvalue weighted by Crippen LogP contribution is -2.34. The number of anilines is 2. The Bertz CT molecular complexity index is 897. The summed E-state index contributed by atoms with van der Waals surface area (Å²) in [6.45, 7) is 8.89. The fourth-order valence-electron chi connectivity index (χ4n) is 4.16. The van der Waals surface area contributed by atoms with Gasteiger partial charge in [0.15, 0.2) is 0 Å². The van der Waals surface area contributed by atoms with E-state index in [4.69, 9.17) is 0 Å². The van der Waals surface area contributed by atoms with Crippen LogP contribution in [0.2, 0.25) is 0 Å². The molecule has 0 aliphatic carbocycles. The Hall–Kier alpha value is -2.54. The second-order valence-corrected chi connectivity index (χ2v) is 7.59. The average molecular weight is 327 g/mol. The highest BCUT2D eigenvalue weighted by atomic mass is 15.1. The molecule has 3 aromatic rings. The maximum Gasteiger partial charge on any atom is 0.0464 e. The maximum atomic E-state index is 2.38. The highest BCUT2D eigenvalue weighted by Gasteiger charge is 2.40. The molecule has 1 nitrogen and oxygen atoms in total. The van der Waals surface area contributed by atoms with Gasteiger partial charge in [-0.2, -0.15) is 0 Å². The molecule has 1 heterocycles. The number of aryl methyl sites for hydroxylation is 3. The number of benzene rings is 3. The number of hydrogen-bond donors (Lipinski definition) is 0. The molecule has 0 fully saturated rings. The van der Waals surface area contributed by atoms with Gasteiger partial charge in [0.1, 0.15) is 0 Å². The van der Waals surface area contributed by atoms with E-state index in [0.717, 1.165) is 0 Å². The Balaban J connectivity index is 2.09. The van der Waals surface area contributed by atoms with Gasteiger partial charge in [0.05, 0.1) is 0 Å². The summed E-state index contributed by atoms with van der Waals surface area (Å²) in [4.78, 5) is 2.33. The van der Waals surface area contributed by atoms with Crippen molar-refractivity contribution < 1.29 is 0 Å². The van der Waals surface area contributed by atoms with E-state index in [1.807, 2.05) is 0 Å². The molecule has 3 aromatic carbocycles. The minimum absolute atomic E-state index is 0.150. The van der Waals surface area contributed by atoms with Gasteiger partial charge in [0.2, 0.25) is 0 Å². The van der Waals surface area contributed by atoms with E-state index in [9.17, 15) is 0 Å². The van der Waals surface area contributed by atoms with Gasteiger partial charge in [-0.1, -0.05) is 65.2 Å². The molecule has 1 aliphatic heterocycles. The van der Waals surface area contributed by atoms with Crippen LogP contribution in [0.4, 0.5) is 11.4 Å². The topological polar surface area (TPSA) is 3.24 Å². The normalized spacial score (nSPS) is 14.8. The standard InChI is InChI=1S/C24H25N/c1-16-6-10-19(11-7-16)24(4)20-14-17(2)8-12-22(20)25(5)23-13-9-18(3)15-21(23)24/h6-15H,1-5H3. The van der Waals surface area contributed by atoms with Crippen molar-refractivity contribution in [2.75, 3.05) is 11.9 Å². The van der Waals surface area contributed by atoms with Crippen molar-refractivity contribution in [1.82, 2.24) is 0 Å². The Kier molecular flexibility index (Phi) is 3.50. The zero-order chi connectivity index (χ0) is 17.8. The first-order chi connectivity index (χ1) is 11.9. The molecule has 0 saturated carbocycles. The van der Waals surface area contributed by atoms with Crippen molar-refractivity contribution >= 4 is 11.4 Å².